The van der Waals surface area contributed by atoms with Gasteiger partial charge in [-0.05, 0) is 33.9 Å². The summed E-state index contributed by atoms with van der Waals surface area (Å²) < 4.78 is 0. The Morgan fingerprint density at radius 2 is 2.29 bits per heavy atom. The maximum absolute atomic E-state index is 11.2. The van der Waals surface area contributed by atoms with Crippen LogP contribution in [0.5, 0.6) is 0 Å². The summed E-state index contributed by atoms with van der Waals surface area (Å²) >= 11 is 5.81. The fourth-order valence-corrected chi connectivity index (χ4v) is 1.47. The zero-order valence-corrected chi connectivity index (χ0v) is 11.2. The minimum atomic E-state index is -0.316. The second-order valence-corrected chi connectivity index (χ2v) is 4.63. The summed E-state index contributed by atoms with van der Waals surface area (Å²) in [6.07, 6.45) is 2.32. The van der Waals surface area contributed by atoms with E-state index in [2.05, 4.69) is 41.1 Å². The van der Waals surface area contributed by atoms with Crippen molar-refractivity contribution in [3.05, 3.63) is 21.7 Å². The molecule has 6 heteroatoms. The van der Waals surface area contributed by atoms with Gasteiger partial charge in [0.1, 0.15) is 5.02 Å². The van der Waals surface area contributed by atoms with Gasteiger partial charge in [-0.15, -0.1) is 0 Å². The summed E-state index contributed by atoms with van der Waals surface area (Å²) in [5, 5.41) is 3.17. The van der Waals surface area contributed by atoms with Crippen LogP contribution in [0, 0.1) is 0 Å². The number of hydrogen-bond donors (Lipinski definition) is 2. The second-order valence-electron chi connectivity index (χ2n) is 4.25. The Kier molecular flexibility index (Phi) is 5.44. The van der Waals surface area contributed by atoms with Crippen LogP contribution < -0.4 is 10.9 Å². The van der Waals surface area contributed by atoms with Crippen LogP contribution in [0.3, 0.4) is 0 Å². The Morgan fingerprint density at radius 1 is 1.59 bits per heavy atom. The van der Waals surface area contributed by atoms with E-state index in [-0.39, 0.29) is 10.6 Å². The Morgan fingerprint density at radius 3 is 2.94 bits per heavy atom. The molecule has 1 aromatic heterocycles. The number of rotatable bonds is 6. The van der Waals surface area contributed by atoms with Crippen LogP contribution in [0.25, 0.3) is 0 Å². The first-order valence-electron chi connectivity index (χ1n) is 5.69. The number of halogens is 1. The predicted molar refractivity (Wildman–Crippen MR) is 70.7 cm³/mol. The van der Waals surface area contributed by atoms with E-state index in [4.69, 9.17) is 11.6 Å². The number of nitrogens with zero attached hydrogens (tertiary/aromatic N) is 2. The van der Waals surface area contributed by atoms with E-state index >= 15 is 0 Å². The number of aromatic nitrogens is 2. The van der Waals surface area contributed by atoms with Gasteiger partial charge in [0, 0.05) is 12.6 Å². The molecule has 17 heavy (non-hydrogen) atoms. The van der Waals surface area contributed by atoms with E-state index < -0.39 is 0 Å². The van der Waals surface area contributed by atoms with E-state index in [1.165, 1.54) is 6.33 Å². The van der Waals surface area contributed by atoms with Crippen molar-refractivity contribution >= 4 is 17.4 Å². The Bertz CT molecular complexity index is 405. The Hall–Kier alpha value is -1.07. The highest BCUT2D eigenvalue weighted by atomic mass is 35.5. The lowest BCUT2D eigenvalue weighted by molar-refractivity contribution is 0.273. The fraction of sp³-hybridized carbons (Fsp3) is 0.636. The average Bonchev–Trinajstić information content (AvgIpc) is 2.29. The largest absolute Gasteiger partial charge is 0.369 e. The summed E-state index contributed by atoms with van der Waals surface area (Å²) in [6.45, 7) is 6.05. The van der Waals surface area contributed by atoms with Crippen LogP contribution in [0.1, 0.15) is 20.3 Å². The van der Waals surface area contributed by atoms with Crippen LogP contribution in [0.4, 0.5) is 5.82 Å². The molecule has 1 rings (SSSR count). The summed E-state index contributed by atoms with van der Waals surface area (Å²) in [5.74, 6) is 0.447. The van der Waals surface area contributed by atoms with Crippen molar-refractivity contribution in [1.29, 1.82) is 0 Å². The van der Waals surface area contributed by atoms with Crippen LogP contribution in [0.15, 0.2) is 11.1 Å². The molecule has 1 aromatic rings. The number of hydrogen-bond acceptors (Lipinski definition) is 4. The number of anilines is 1. The maximum Gasteiger partial charge on any atom is 0.271 e. The first kappa shape index (κ1) is 14.0. The van der Waals surface area contributed by atoms with Gasteiger partial charge in [-0.3, -0.25) is 4.79 Å². The smallest absolute Gasteiger partial charge is 0.271 e. The van der Waals surface area contributed by atoms with Gasteiger partial charge in [-0.2, -0.15) is 0 Å². The summed E-state index contributed by atoms with van der Waals surface area (Å²) in [5.41, 5.74) is -0.316. The Labute approximate surface area is 106 Å². The van der Waals surface area contributed by atoms with Crippen LogP contribution in [0.2, 0.25) is 5.02 Å². The van der Waals surface area contributed by atoms with Crippen molar-refractivity contribution in [3.63, 3.8) is 0 Å². The molecule has 0 saturated carbocycles. The zero-order chi connectivity index (χ0) is 12.8. The minimum absolute atomic E-state index is 0.115. The van der Waals surface area contributed by atoms with Crippen LogP contribution in [-0.4, -0.2) is 41.0 Å². The van der Waals surface area contributed by atoms with Crippen molar-refractivity contribution in [2.45, 2.75) is 26.3 Å². The molecule has 0 radical (unpaired) electrons. The molecular formula is C11H19ClN4O. The molecule has 5 nitrogen and oxygen atoms in total. The number of H-pyrrole nitrogens is 1. The molecular weight excluding hydrogens is 240 g/mol. The van der Waals surface area contributed by atoms with Crippen molar-refractivity contribution in [1.82, 2.24) is 14.9 Å². The highest BCUT2D eigenvalue weighted by molar-refractivity contribution is 6.32. The third kappa shape index (κ3) is 4.36. The molecule has 0 spiro atoms. The summed E-state index contributed by atoms with van der Waals surface area (Å²) in [6, 6.07) is 0.538. The summed E-state index contributed by atoms with van der Waals surface area (Å²) in [4.78, 5) is 19.8. The van der Waals surface area contributed by atoms with Crippen molar-refractivity contribution < 1.29 is 0 Å². The topological polar surface area (TPSA) is 61.0 Å². The van der Waals surface area contributed by atoms with Crippen molar-refractivity contribution in [2.24, 2.45) is 0 Å². The molecule has 0 atom stereocenters. The molecule has 1 heterocycles. The summed E-state index contributed by atoms with van der Waals surface area (Å²) in [7, 11) is 2.09. The first-order chi connectivity index (χ1) is 8.02. The molecule has 0 aromatic carbocycles. The van der Waals surface area contributed by atoms with Gasteiger partial charge in [0.15, 0.2) is 5.82 Å². The molecule has 0 unspecified atom stereocenters. The second kappa shape index (κ2) is 6.61. The monoisotopic (exact) mass is 258 g/mol. The third-order valence-corrected chi connectivity index (χ3v) is 3.01. The van der Waals surface area contributed by atoms with Gasteiger partial charge < -0.3 is 15.2 Å². The lowest BCUT2D eigenvalue weighted by Crippen LogP contribution is -2.28. The van der Waals surface area contributed by atoms with E-state index in [0.717, 1.165) is 19.5 Å². The molecule has 0 aliphatic carbocycles. The lowest BCUT2D eigenvalue weighted by Gasteiger charge is -2.20. The minimum Gasteiger partial charge on any atom is -0.369 e. The number of nitrogens with one attached hydrogen (secondary N) is 2. The highest BCUT2D eigenvalue weighted by Gasteiger charge is 2.05. The number of aromatic amines is 1. The van der Waals surface area contributed by atoms with Gasteiger partial charge in [-0.25, -0.2) is 4.98 Å². The highest BCUT2D eigenvalue weighted by Crippen LogP contribution is 2.11. The van der Waals surface area contributed by atoms with Gasteiger partial charge >= 0.3 is 0 Å². The standard InChI is InChI=1S/C11H19ClN4O/c1-8(2)16(3)6-4-5-13-10-9(12)11(17)15-7-14-10/h7-8H,4-6H2,1-3H3,(H2,13,14,15,17). The SMILES string of the molecule is CC(C)N(C)CCCNc1nc[nH]c(=O)c1Cl. The third-order valence-electron chi connectivity index (χ3n) is 2.66. The molecule has 2 N–H and O–H groups in total. The molecule has 0 amide bonds. The van der Waals surface area contributed by atoms with E-state index in [0.29, 0.717) is 11.9 Å². The van der Waals surface area contributed by atoms with E-state index in [1.807, 2.05) is 0 Å². The molecule has 0 saturated heterocycles. The predicted octanol–water partition coefficient (Wildman–Crippen LogP) is 1.57. The van der Waals surface area contributed by atoms with Crippen LogP contribution in [-0.2, 0) is 0 Å². The van der Waals surface area contributed by atoms with Gasteiger partial charge in [0.05, 0.1) is 6.33 Å². The average molecular weight is 259 g/mol. The quantitative estimate of drug-likeness (QED) is 0.761. The van der Waals surface area contributed by atoms with Gasteiger partial charge in [0.25, 0.3) is 5.56 Å². The molecule has 0 bridgehead atoms. The van der Waals surface area contributed by atoms with Crippen molar-refractivity contribution in [3.8, 4) is 0 Å². The van der Waals surface area contributed by atoms with Crippen molar-refractivity contribution in [2.75, 3.05) is 25.5 Å². The maximum atomic E-state index is 11.2. The van der Waals surface area contributed by atoms with E-state index in [9.17, 15) is 4.79 Å². The molecule has 0 aliphatic heterocycles. The van der Waals surface area contributed by atoms with E-state index in [1.54, 1.807) is 0 Å². The van der Waals surface area contributed by atoms with Gasteiger partial charge in [-0.1, -0.05) is 11.6 Å². The van der Waals surface area contributed by atoms with Gasteiger partial charge in [0.2, 0.25) is 0 Å². The molecule has 0 fully saturated rings. The Balaban J connectivity index is 2.37. The molecule has 96 valence electrons. The normalized spacial score (nSPS) is 11.2. The molecule has 0 aliphatic rings. The zero-order valence-electron chi connectivity index (χ0n) is 10.5. The lowest BCUT2D eigenvalue weighted by atomic mass is 10.3. The fourth-order valence-electron chi connectivity index (χ4n) is 1.30. The first-order valence-corrected chi connectivity index (χ1v) is 6.07. The van der Waals surface area contributed by atoms with Crippen LogP contribution >= 0.6 is 11.6 Å².